The Morgan fingerprint density at radius 1 is 1.08 bits per heavy atom. The van der Waals surface area contributed by atoms with Crippen molar-refractivity contribution < 1.29 is 9.53 Å². The fourth-order valence-electron chi connectivity index (χ4n) is 1.68. The first-order chi connectivity index (χ1) is 11.9. The molecule has 0 aromatic carbocycles. The van der Waals surface area contributed by atoms with Crippen molar-refractivity contribution in [1.29, 1.82) is 0 Å². The molecule has 2 amide bonds. The lowest BCUT2D eigenvalue weighted by molar-refractivity contribution is 0.121. The minimum Gasteiger partial charge on any atom is -0.367 e. The molecule has 146 valence electrons. The van der Waals surface area contributed by atoms with Gasteiger partial charge < -0.3 is 20.7 Å². The molecule has 3 N–H and O–H groups in total. The van der Waals surface area contributed by atoms with Crippen molar-refractivity contribution in [2.24, 2.45) is 5.92 Å². The SMILES string of the molecule is CC(C)C#CCNC(=O)NCCCCOC(C)SSCCNC(C)C. The molecule has 0 saturated carbocycles. The highest BCUT2D eigenvalue weighted by Crippen LogP contribution is 2.26. The van der Waals surface area contributed by atoms with E-state index < -0.39 is 0 Å². The van der Waals surface area contributed by atoms with E-state index in [1.165, 1.54) is 0 Å². The van der Waals surface area contributed by atoms with Gasteiger partial charge in [0.15, 0.2) is 0 Å². The van der Waals surface area contributed by atoms with Crippen LogP contribution < -0.4 is 16.0 Å². The van der Waals surface area contributed by atoms with Crippen LogP contribution in [0.5, 0.6) is 0 Å². The van der Waals surface area contributed by atoms with Gasteiger partial charge in [0, 0.05) is 37.4 Å². The summed E-state index contributed by atoms with van der Waals surface area (Å²) < 4.78 is 5.75. The molecule has 1 unspecified atom stereocenters. The molecule has 7 heteroatoms. The Balaban J connectivity index is 3.39. The summed E-state index contributed by atoms with van der Waals surface area (Å²) >= 11 is 0. The lowest BCUT2D eigenvalue weighted by Gasteiger charge is -2.13. The van der Waals surface area contributed by atoms with Crippen LogP contribution in [0.2, 0.25) is 0 Å². The summed E-state index contributed by atoms with van der Waals surface area (Å²) in [5.41, 5.74) is 0.194. The van der Waals surface area contributed by atoms with Gasteiger partial charge in [0.2, 0.25) is 0 Å². The maximum Gasteiger partial charge on any atom is 0.315 e. The molecule has 0 aliphatic carbocycles. The largest absolute Gasteiger partial charge is 0.367 e. The summed E-state index contributed by atoms with van der Waals surface area (Å²) in [6.07, 6.45) is 1.85. The molecular formula is C18H35N3O2S2. The Kier molecular flexibility index (Phi) is 16.5. The molecule has 0 rings (SSSR count). The number of nitrogens with one attached hydrogen (secondary N) is 3. The van der Waals surface area contributed by atoms with E-state index in [9.17, 15) is 4.79 Å². The van der Waals surface area contributed by atoms with Crippen LogP contribution in [-0.4, -0.2) is 49.5 Å². The molecule has 0 aliphatic heterocycles. The smallest absolute Gasteiger partial charge is 0.315 e. The van der Waals surface area contributed by atoms with E-state index in [0.29, 0.717) is 25.0 Å². The maximum atomic E-state index is 11.5. The highest BCUT2D eigenvalue weighted by molar-refractivity contribution is 8.76. The molecule has 0 aliphatic rings. The monoisotopic (exact) mass is 389 g/mol. The quantitative estimate of drug-likeness (QED) is 0.195. The average Bonchev–Trinajstić information content (AvgIpc) is 2.54. The van der Waals surface area contributed by atoms with Gasteiger partial charge in [0.25, 0.3) is 0 Å². The summed E-state index contributed by atoms with van der Waals surface area (Å²) in [6.45, 7) is 13.2. The summed E-state index contributed by atoms with van der Waals surface area (Å²) in [7, 11) is 3.61. The van der Waals surface area contributed by atoms with Crippen LogP contribution in [0, 0.1) is 17.8 Å². The number of hydrogen-bond acceptors (Lipinski definition) is 5. The maximum absolute atomic E-state index is 11.5. The number of amides is 2. The van der Waals surface area contributed by atoms with Crippen LogP contribution in [0.1, 0.15) is 47.5 Å². The summed E-state index contributed by atoms with van der Waals surface area (Å²) in [5.74, 6) is 7.34. The topological polar surface area (TPSA) is 62.4 Å². The summed E-state index contributed by atoms with van der Waals surface area (Å²) in [6, 6.07) is 0.386. The standard InChI is InChI=1S/C18H35N3O2S2/c1-15(2)9-8-11-21-18(22)20-10-6-7-13-23-17(5)25-24-14-12-19-16(3)4/h15-17,19H,6-7,10-14H2,1-5H3,(H2,20,21,22). The van der Waals surface area contributed by atoms with Gasteiger partial charge in [-0.15, -0.1) is 0 Å². The van der Waals surface area contributed by atoms with Crippen molar-refractivity contribution in [3.05, 3.63) is 0 Å². The van der Waals surface area contributed by atoms with E-state index in [-0.39, 0.29) is 11.5 Å². The third-order valence-corrected chi connectivity index (χ3v) is 5.51. The molecule has 0 aromatic heterocycles. The lowest BCUT2D eigenvalue weighted by Crippen LogP contribution is -2.36. The van der Waals surface area contributed by atoms with Gasteiger partial charge in [-0.1, -0.05) is 61.1 Å². The second-order valence-electron chi connectivity index (χ2n) is 6.26. The Bertz CT molecular complexity index is 396. The Morgan fingerprint density at radius 2 is 1.84 bits per heavy atom. The van der Waals surface area contributed by atoms with Crippen molar-refractivity contribution in [3.63, 3.8) is 0 Å². The normalized spacial score (nSPS) is 12.0. The van der Waals surface area contributed by atoms with E-state index in [4.69, 9.17) is 4.74 Å². The number of unbranched alkanes of at least 4 members (excludes halogenated alkanes) is 1. The van der Waals surface area contributed by atoms with Gasteiger partial charge >= 0.3 is 6.03 Å². The molecule has 0 spiro atoms. The van der Waals surface area contributed by atoms with Crippen LogP contribution in [0.4, 0.5) is 4.79 Å². The molecule has 0 radical (unpaired) electrons. The van der Waals surface area contributed by atoms with Gasteiger partial charge in [-0.2, -0.15) is 0 Å². The first-order valence-electron chi connectivity index (χ1n) is 9.05. The zero-order valence-corrected chi connectivity index (χ0v) is 17.9. The van der Waals surface area contributed by atoms with E-state index in [0.717, 1.165) is 31.7 Å². The van der Waals surface area contributed by atoms with Crippen LogP contribution in [-0.2, 0) is 4.74 Å². The first kappa shape index (κ1) is 24.5. The van der Waals surface area contributed by atoms with Crippen LogP contribution in [0.15, 0.2) is 0 Å². The highest BCUT2D eigenvalue weighted by Gasteiger charge is 2.03. The number of ether oxygens (including phenoxy) is 1. The number of hydrogen-bond donors (Lipinski definition) is 3. The van der Waals surface area contributed by atoms with Gasteiger partial charge in [0.05, 0.1) is 6.54 Å². The number of rotatable bonds is 13. The molecule has 0 saturated heterocycles. The van der Waals surface area contributed by atoms with E-state index in [1.807, 2.05) is 24.6 Å². The Morgan fingerprint density at radius 3 is 2.52 bits per heavy atom. The second-order valence-corrected chi connectivity index (χ2v) is 9.04. The van der Waals surface area contributed by atoms with Gasteiger partial charge in [0.1, 0.15) is 5.44 Å². The van der Waals surface area contributed by atoms with Gasteiger partial charge in [-0.05, 0) is 19.8 Å². The number of urea groups is 1. The third kappa shape index (κ3) is 19.6. The van der Waals surface area contributed by atoms with Crippen molar-refractivity contribution in [2.75, 3.05) is 32.0 Å². The third-order valence-electron chi connectivity index (χ3n) is 2.88. The molecular weight excluding hydrogens is 354 g/mol. The fraction of sp³-hybridized carbons (Fsp3) is 0.833. The fourth-order valence-corrected chi connectivity index (χ4v) is 3.60. The summed E-state index contributed by atoms with van der Waals surface area (Å²) in [4.78, 5) is 11.5. The highest BCUT2D eigenvalue weighted by atomic mass is 33.1. The van der Waals surface area contributed by atoms with Crippen LogP contribution in [0.3, 0.4) is 0 Å². The van der Waals surface area contributed by atoms with E-state index >= 15 is 0 Å². The minimum atomic E-state index is -0.158. The van der Waals surface area contributed by atoms with E-state index in [2.05, 4.69) is 48.6 Å². The van der Waals surface area contributed by atoms with Crippen molar-refractivity contribution in [2.45, 2.75) is 58.9 Å². The van der Waals surface area contributed by atoms with Crippen molar-refractivity contribution in [1.82, 2.24) is 16.0 Å². The molecule has 1 atom stereocenters. The van der Waals surface area contributed by atoms with Gasteiger partial charge in [-0.25, -0.2) is 4.79 Å². The molecule has 0 fully saturated rings. The lowest BCUT2D eigenvalue weighted by atomic mass is 10.2. The zero-order chi connectivity index (χ0) is 18.9. The van der Waals surface area contributed by atoms with Crippen molar-refractivity contribution in [3.8, 4) is 11.8 Å². The molecule has 0 aromatic rings. The molecule has 5 nitrogen and oxygen atoms in total. The molecule has 25 heavy (non-hydrogen) atoms. The average molecular weight is 390 g/mol. The summed E-state index contributed by atoms with van der Waals surface area (Å²) in [5, 5.41) is 8.94. The van der Waals surface area contributed by atoms with Crippen LogP contribution in [0.25, 0.3) is 0 Å². The number of carbonyl (C=O) groups is 1. The van der Waals surface area contributed by atoms with Gasteiger partial charge in [-0.3, -0.25) is 0 Å². The predicted molar refractivity (Wildman–Crippen MR) is 112 cm³/mol. The van der Waals surface area contributed by atoms with Crippen molar-refractivity contribution >= 4 is 27.6 Å². The molecule has 0 heterocycles. The molecule has 0 bridgehead atoms. The van der Waals surface area contributed by atoms with Crippen LogP contribution >= 0.6 is 21.6 Å². The second kappa shape index (κ2) is 16.9. The minimum absolute atomic E-state index is 0.158. The Hall–Kier alpha value is -0.550. The number of carbonyl (C=O) groups excluding carboxylic acids is 1. The zero-order valence-electron chi connectivity index (χ0n) is 16.3. The Labute approximate surface area is 162 Å². The van der Waals surface area contributed by atoms with E-state index in [1.54, 1.807) is 10.8 Å². The first-order valence-corrected chi connectivity index (χ1v) is 11.4. The predicted octanol–water partition coefficient (Wildman–Crippen LogP) is 3.47.